The van der Waals surface area contributed by atoms with E-state index in [1.165, 1.54) is 12.1 Å². The summed E-state index contributed by atoms with van der Waals surface area (Å²) < 4.78 is 16.1. The highest BCUT2D eigenvalue weighted by Gasteiger charge is 2.21. The zero-order chi connectivity index (χ0) is 21.0. The topological polar surface area (TPSA) is 108 Å². The normalized spacial score (nSPS) is 12.6. The lowest BCUT2D eigenvalue weighted by Gasteiger charge is -2.13. The lowest BCUT2D eigenvalue weighted by Crippen LogP contribution is -2.15. The third-order valence-electron chi connectivity index (χ3n) is 4.29. The Morgan fingerprint density at radius 3 is 2.45 bits per heavy atom. The number of rotatable bonds is 6. The summed E-state index contributed by atoms with van der Waals surface area (Å²) in [5.41, 5.74) is 0.443. The summed E-state index contributed by atoms with van der Waals surface area (Å²) in [5, 5.41) is 11.2. The quantitative estimate of drug-likeness (QED) is 0.315. The number of nitro benzene ring substituents is 1. The fourth-order valence-corrected chi connectivity index (χ4v) is 2.81. The third kappa shape index (κ3) is 4.63. The molecule has 2 aromatic rings. The Morgan fingerprint density at radius 2 is 1.76 bits per heavy atom. The van der Waals surface area contributed by atoms with Gasteiger partial charge in [0, 0.05) is 32.1 Å². The predicted octanol–water partition coefficient (Wildman–Crippen LogP) is 2.86. The molecule has 0 bridgehead atoms. The van der Waals surface area contributed by atoms with Crippen molar-refractivity contribution in [2.75, 3.05) is 38.8 Å². The molecule has 0 radical (unpaired) electrons. The molecule has 0 spiro atoms. The van der Waals surface area contributed by atoms with Crippen LogP contribution in [0, 0.1) is 10.1 Å². The van der Waals surface area contributed by atoms with Gasteiger partial charge in [-0.1, -0.05) is 0 Å². The Kier molecular flexibility index (Phi) is 5.96. The van der Waals surface area contributed by atoms with E-state index in [4.69, 9.17) is 14.2 Å². The summed E-state index contributed by atoms with van der Waals surface area (Å²) in [6.45, 7) is 0.527. The molecule has 0 amide bonds. The Labute approximate surface area is 166 Å². The molecule has 29 heavy (non-hydrogen) atoms. The Balaban J connectivity index is 1.69. The van der Waals surface area contributed by atoms with Gasteiger partial charge in [0.05, 0.1) is 23.7 Å². The molecule has 0 aromatic heterocycles. The molecule has 0 N–H and O–H groups in total. The van der Waals surface area contributed by atoms with Crippen LogP contribution in [-0.2, 0) is 4.74 Å². The van der Waals surface area contributed by atoms with Crippen molar-refractivity contribution in [3.8, 4) is 11.5 Å². The smallest absolute Gasteiger partial charge is 0.338 e. The molecule has 3 rings (SSSR count). The average Bonchev–Trinajstić information content (AvgIpc) is 2.95. The molecular formula is C20H20N2O7. The largest absolute Gasteiger partial charge is 0.490 e. The van der Waals surface area contributed by atoms with Crippen molar-refractivity contribution in [3.63, 3.8) is 0 Å². The second-order valence-corrected chi connectivity index (χ2v) is 6.57. The van der Waals surface area contributed by atoms with E-state index in [1.807, 2.05) is 0 Å². The monoisotopic (exact) mass is 400 g/mol. The van der Waals surface area contributed by atoms with Gasteiger partial charge in [-0.2, -0.15) is 0 Å². The molecule has 0 aliphatic carbocycles. The van der Waals surface area contributed by atoms with Crippen molar-refractivity contribution in [2.24, 2.45) is 0 Å². The van der Waals surface area contributed by atoms with Crippen LogP contribution in [0.25, 0.3) is 0 Å². The van der Waals surface area contributed by atoms with Crippen molar-refractivity contribution >= 4 is 23.1 Å². The van der Waals surface area contributed by atoms with Gasteiger partial charge in [0.15, 0.2) is 23.9 Å². The summed E-state index contributed by atoms with van der Waals surface area (Å²) >= 11 is 0. The van der Waals surface area contributed by atoms with Gasteiger partial charge in [0.25, 0.3) is 5.69 Å². The molecule has 9 heteroatoms. The molecule has 0 fully saturated rings. The van der Waals surface area contributed by atoms with Crippen LogP contribution in [0.3, 0.4) is 0 Å². The minimum absolute atomic E-state index is 0.00578. The lowest BCUT2D eigenvalue weighted by molar-refractivity contribution is -0.384. The van der Waals surface area contributed by atoms with Gasteiger partial charge < -0.3 is 19.1 Å². The first kappa shape index (κ1) is 20.1. The third-order valence-corrected chi connectivity index (χ3v) is 4.29. The van der Waals surface area contributed by atoms with Crippen LogP contribution in [0.15, 0.2) is 36.4 Å². The summed E-state index contributed by atoms with van der Waals surface area (Å²) in [4.78, 5) is 36.9. The van der Waals surface area contributed by atoms with Crippen LogP contribution in [0.2, 0.25) is 0 Å². The SMILES string of the molecule is CN(C)c1ccc(C(=O)OCC(=O)c2ccc3c(c2)OCCCO3)cc1[N+](=O)[O-]. The van der Waals surface area contributed by atoms with E-state index < -0.39 is 23.3 Å². The van der Waals surface area contributed by atoms with E-state index in [-0.39, 0.29) is 11.3 Å². The Morgan fingerprint density at radius 1 is 1.07 bits per heavy atom. The second kappa shape index (κ2) is 8.59. The maximum atomic E-state index is 12.4. The number of fused-ring (bicyclic) bond motifs is 1. The zero-order valence-electron chi connectivity index (χ0n) is 16.0. The summed E-state index contributed by atoms with van der Waals surface area (Å²) in [6.07, 6.45) is 0.744. The summed E-state index contributed by atoms with van der Waals surface area (Å²) in [7, 11) is 3.32. The first-order chi connectivity index (χ1) is 13.9. The van der Waals surface area contributed by atoms with E-state index in [2.05, 4.69) is 0 Å². The first-order valence-electron chi connectivity index (χ1n) is 8.92. The number of benzene rings is 2. The van der Waals surface area contributed by atoms with E-state index in [9.17, 15) is 19.7 Å². The highest BCUT2D eigenvalue weighted by atomic mass is 16.6. The molecule has 0 saturated carbocycles. The molecule has 0 saturated heterocycles. The first-order valence-corrected chi connectivity index (χ1v) is 8.92. The number of ether oxygens (including phenoxy) is 3. The predicted molar refractivity (Wildman–Crippen MR) is 104 cm³/mol. The second-order valence-electron chi connectivity index (χ2n) is 6.57. The van der Waals surface area contributed by atoms with Crippen LogP contribution in [0.1, 0.15) is 27.1 Å². The molecule has 152 valence electrons. The van der Waals surface area contributed by atoms with Crippen molar-refractivity contribution in [1.29, 1.82) is 0 Å². The number of carbonyl (C=O) groups excluding carboxylic acids is 2. The van der Waals surface area contributed by atoms with Gasteiger partial charge >= 0.3 is 5.97 Å². The van der Waals surface area contributed by atoms with E-state index in [0.29, 0.717) is 36.0 Å². The Hall–Kier alpha value is -3.62. The number of Topliss-reactive ketones (excluding diaryl/α,β-unsaturated/α-hetero) is 1. The number of nitrogens with zero attached hydrogens (tertiary/aromatic N) is 2. The fourth-order valence-electron chi connectivity index (χ4n) is 2.81. The van der Waals surface area contributed by atoms with Crippen LogP contribution in [-0.4, -0.2) is 50.6 Å². The minimum Gasteiger partial charge on any atom is -0.490 e. The van der Waals surface area contributed by atoms with Crippen LogP contribution >= 0.6 is 0 Å². The number of hydrogen-bond donors (Lipinski definition) is 0. The highest BCUT2D eigenvalue weighted by molar-refractivity contribution is 6.00. The van der Waals surface area contributed by atoms with Crippen molar-refractivity contribution in [2.45, 2.75) is 6.42 Å². The maximum Gasteiger partial charge on any atom is 0.338 e. The van der Waals surface area contributed by atoms with Gasteiger partial charge in [0.1, 0.15) is 5.69 Å². The van der Waals surface area contributed by atoms with Crippen molar-refractivity contribution in [1.82, 2.24) is 0 Å². The van der Waals surface area contributed by atoms with Crippen LogP contribution in [0.5, 0.6) is 11.5 Å². The number of hydrogen-bond acceptors (Lipinski definition) is 8. The number of nitro groups is 1. The lowest BCUT2D eigenvalue weighted by atomic mass is 10.1. The van der Waals surface area contributed by atoms with Crippen molar-refractivity contribution in [3.05, 3.63) is 57.6 Å². The fraction of sp³-hybridized carbons (Fsp3) is 0.300. The number of anilines is 1. The van der Waals surface area contributed by atoms with Gasteiger partial charge in [-0.15, -0.1) is 0 Å². The Bertz CT molecular complexity index is 956. The van der Waals surface area contributed by atoms with E-state index in [0.717, 1.165) is 12.5 Å². The highest BCUT2D eigenvalue weighted by Crippen LogP contribution is 2.31. The molecule has 0 atom stereocenters. The molecule has 1 heterocycles. The molecule has 2 aromatic carbocycles. The number of esters is 1. The van der Waals surface area contributed by atoms with E-state index >= 15 is 0 Å². The van der Waals surface area contributed by atoms with E-state index in [1.54, 1.807) is 37.2 Å². The average molecular weight is 400 g/mol. The van der Waals surface area contributed by atoms with Gasteiger partial charge in [-0.05, 0) is 30.3 Å². The van der Waals surface area contributed by atoms with Gasteiger partial charge in [-0.25, -0.2) is 4.79 Å². The number of ketones is 1. The number of carbonyl (C=O) groups is 2. The van der Waals surface area contributed by atoms with Gasteiger partial charge in [0.2, 0.25) is 0 Å². The zero-order valence-corrected chi connectivity index (χ0v) is 16.0. The maximum absolute atomic E-state index is 12.4. The van der Waals surface area contributed by atoms with Gasteiger partial charge in [-0.3, -0.25) is 14.9 Å². The summed E-state index contributed by atoms with van der Waals surface area (Å²) in [5.74, 6) is -0.214. The summed E-state index contributed by atoms with van der Waals surface area (Å²) in [6, 6.07) is 8.77. The molecule has 9 nitrogen and oxygen atoms in total. The molecule has 1 aliphatic rings. The molecule has 0 unspecified atom stereocenters. The van der Waals surface area contributed by atoms with Crippen molar-refractivity contribution < 1.29 is 28.7 Å². The van der Waals surface area contributed by atoms with Crippen LogP contribution < -0.4 is 14.4 Å². The molecule has 1 aliphatic heterocycles. The standard InChI is InChI=1S/C20H20N2O7/c1-21(2)15-6-4-14(10-16(15)22(25)26)20(24)29-12-17(23)13-5-7-18-19(11-13)28-9-3-8-27-18/h4-7,10-11H,3,8-9,12H2,1-2H3. The van der Waals surface area contributed by atoms with Crippen LogP contribution in [0.4, 0.5) is 11.4 Å². The molecular weight excluding hydrogens is 380 g/mol. The minimum atomic E-state index is -0.818.